The lowest BCUT2D eigenvalue weighted by Crippen LogP contribution is -2.16. The molecule has 0 bridgehead atoms. The highest BCUT2D eigenvalue weighted by atomic mass is 16.5. The van der Waals surface area contributed by atoms with E-state index in [4.69, 9.17) is 10.5 Å². The van der Waals surface area contributed by atoms with Gasteiger partial charge in [-0.25, -0.2) is 9.97 Å². The van der Waals surface area contributed by atoms with E-state index in [-0.39, 0.29) is 6.04 Å². The van der Waals surface area contributed by atoms with Crippen molar-refractivity contribution in [1.29, 1.82) is 0 Å². The summed E-state index contributed by atoms with van der Waals surface area (Å²) in [6.45, 7) is 2.07. The van der Waals surface area contributed by atoms with E-state index < -0.39 is 0 Å². The first-order valence-corrected chi connectivity index (χ1v) is 4.90. The zero-order chi connectivity index (χ0) is 11.1. The molecule has 1 rings (SSSR count). The molecule has 1 heterocycles. The van der Waals surface area contributed by atoms with Crippen molar-refractivity contribution in [3.05, 3.63) is 18.1 Å². The number of aromatic nitrogens is 2. The fourth-order valence-electron chi connectivity index (χ4n) is 1.10. The average molecular weight is 205 g/mol. The Labute approximate surface area is 89.9 Å². The summed E-state index contributed by atoms with van der Waals surface area (Å²) in [5, 5.41) is 0. The minimum atomic E-state index is -0.110. The molecule has 1 aromatic rings. The fourth-order valence-corrected chi connectivity index (χ4v) is 1.10. The Hall–Kier alpha value is -1.60. The van der Waals surface area contributed by atoms with Crippen LogP contribution in [0.4, 0.5) is 0 Å². The molecule has 0 aliphatic rings. The second-order valence-electron chi connectivity index (χ2n) is 3.08. The van der Waals surface area contributed by atoms with Gasteiger partial charge in [0.25, 0.3) is 0 Å². The molecule has 0 fully saturated rings. The van der Waals surface area contributed by atoms with Crippen LogP contribution in [-0.4, -0.2) is 23.1 Å². The van der Waals surface area contributed by atoms with E-state index in [0.717, 1.165) is 12.8 Å². The second kappa shape index (κ2) is 5.99. The topological polar surface area (TPSA) is 61.0 Å². The first kappa shape index (κ1) is 11.5. The first-order valence-electron chi connectivity index (χ1n) is 4.90. The predicted molar refractivity (Wildman–Crippen MR) is 58.3 cm³/mol. The summed E-state index contributed by atoms with van der Waals surface area (Å²) in [7, 11) is 1.54. The molecule has 80 valence electrons. The maximum Gasteiger partial charge on any atom is 0.248 e. The summed E-state index contributed by atoms with van der Waals surface area (Å²) >= 11 is 0. The second-order valence-corrected chi connectivity index (χ2v) is 3.08. The maximum absolute atomic E-state index is 5.76. The highest BCUT2D eigenvalue weighted by molar-refractivity contribution is 5.36. The quantitative estimate of drug-likeness (QED) is 0.747. The summed E-state index contributed by atoms with van der Waals surface area (Å²) in [6, 6.07) is -0.110. The molecule has 4 heteroatoms. The lowest BCUT2D eigenvalue weighted by Gasteiger charge is -2.00. The summed E-state index contributed by atoms with van der Waals surface area (Å²) in [4.78, 5) is 8.06. The minimum Gasteiger partial charge on any atom is -0.479 e. The molecule has 0 saturated carbocycles. The van der Waals surface area contributed by atoms with E-state index in [0.29, 0.717) is 11.6 Å². The molecular formula is C11H15N3O. The van der Waals surface area contributed by atoms with E-state index in [1.807, 2.05) is 0 Å². The fraction of sp³-hybridized carbons (Fsp3) is 0.455. The van der Waals surface area contributed by atoms with Gasteiger partial charge in [-0.2, -0.15) is 0 Å². The van der Waals surface area contributed by atoms with Crippen LogP contribution in [0.3, 0.4) is 0 Å². The van der Waals surface area contributed by atoms with Crippen LogP contribution >= 0.6 is 0 Å². The Balaban J connectivity index is 2.78. The van der Waals surface area contributed by atoms with Crippen molar-refractivity contribution in [2.45, 2.75) is 25.8 Å². The molecule has 0 amide bonds. The molecule has 1 aromatic heterocycles. The summed E-state index contributed by atoms with van der Waals surface area (Å²) in [5.41, 5.74) is 6.29. The van der Waals surface area contributed by atoms with Gasteiger partial charge >= 0.3 is 0 Å². The van der Waals surface area contributed by atoms with Crippen molar-refractivity contribution < 1.29 is 4.74 Å². The molecule has 1 unspecified atom stereocenters. The van der Waals surface area contributed by atoms with Crippen molar-refractivity contribution in [2.24, 2.45) is 5.73 Å². The van der Waals surface area contributed by atoms with Gasteiger partial charge in [-0.3, -0.25) is 0 Å². The monoisotopic (exact) mass is 205 g/mol. The summed E-state index contributed by atoms with van der Waals surface area (Å²) in [5.74, 6) is 6.23. The molecule has 0 aliphatic carbocycles. The van der Waals surface area contributed by atoms with Gasteiger partial charge in [0.15, 0.2) is 5.69 Å². The van der Waals surface area contributed by atoms with Crippen LogP contribution in [0.15, 0.2) is 12.4 Å². The van der Waals surface area contributed by atoms with Gasteiger partial charge in [0.05, 0.1) is 13.2 Å². The summed E-state index contributed by atoms with van der Waals surface area (Å²) in [6.07, 6.45) is 5.05. The Bertz CT molecular complexity index is 368. The molecule has 0 aromatic carbocycles. The molecule has 0 saturated heterocycles. The SMILES string of the molecule is CCCC(N)C#Cc1nccnc1OC. The number of hydrogen-bond donors (Lipinski definition) is 1. The summed E-state index contributed by atoms with van der Waals surface area (Å²) < 4.78 is 5.02. The number of hydrogen-bond acceptors (Lipinski definition) is 4. The molecule has 4 nitrogen and oxygen atoms in total. The van der Waals surface area contributed by atoms with Crippen LogP contribution in [-0.2, 0) is 0 Å². The Morgan fingerprint density at radius 2 is 2.20 bits per heavy atom. The number of nitrogens with two attached hydrogens (primary N) is 1. The van der Waals surface area contributed by atoms with Crippen molar-refractivity contribution >= 4 is 0 Å². The molecule has 0 aliphatic heterocycles. The zero-order valence-electron chi connectivity index (χ0n) is 9.03. The van der Waals surface area contributed by atoms with Crippen molar-refractivity contribution in [2.75, 3.05) is 7.11 Å². The third-order valence-electron chi connectivity index (χ3n) is 1.83. The highest BCUT2D eigenvalue weighted by Gasteiger charge is 2.01. The van der Waals surface area contributed by atoms with Gasteiger partial charge in [-0.05, 0) is 12.3 Å². The Kier molecular flexibility index (Phi) is 4.58. The van der Waals surface area contributed by atoms with Gasteiger partial charge in [-0.15, -0.1) is 0 Å². The largest absolute Gasteiger partial charge is 0.479 e. The van der Waals surface area contributed by atoms with Gasteiger partial charge in [0, 0.05) is 12.4 Å². The Morgan fingerprint density at radius 1 is 1.47 bits per heavy atom. The number of ether oxygens (including phenoxy) is 1. The number of methoxy groups -OCH3 is 1. The van der Waals surface area contributed by atoms with Gasteiger partial charge in [0.1, 0.15) is 0 Å². The van der Waals surface area contributed by atoms with Crippen LogP contribution in [0.5, 0.6) is 5.88 Å². The van der Waals surface area contributed by atoms with Crippen LogP contribution in [0.2, 0.25) is 0 Å². The average Bonchev–Trinajstić information content (AvgIpc) is 2.27. The molecule has 1 atom stereocenters. The number of rotatable bonds is 3. The molecule has 15 heavy (non-hydrogen) atoms. The smallest absolute Gasteiger partial charge is 0.248 e. The molecule has 2 N–H and O–H groups in total. The lowest BCUT2D eigenvalue weighted by molar-refractivity contribution is 0.394. The molecular weight excluding hydrogens is 190 g/mol. The van der Waals surface area contributed by atoms with Crippen LogP contribution in [0, 0.1) is 11.8 Å². The van der Waals surface area contributed by atoms with E-state index in [9.17, 15) is 0 Å². The number of nitrogens with zero attached hydrogens (tertiary/aromatic N) is 2. The third-order valence-corrected chi connectivity index (χ3v) is 1.83. The first-order chi connectivity index (χ1) is 7.27. The van der Waals surface area contributed by atoms with E-state index in [1.165, 1.54) is 0 Å². The predicted octanol–water partition coefficient (Wildman–Crippen LogP) is 0.964. The van der Waals surface area contributed by atoms with E-state index in [2.05, 4.69) is 28.7 Å². The van der Waals surface area contributed by atoms with Crippen molar-refractivity contribution in [3.8, 4) is 17.7 Å². The molecule has 0 spiro atoms. The van der Waals surface area contributed by atoms with Crippen LogP contribution in [0.1, 0.15) is 25.5 Å². The van der Waals surface area contributed by atoms with E-state index in [1.54, 1.807) is 19.5 Å². The normalized spacial score (nSPS) is 11.4. The van der Waals surface area contributed by atoms with Crippen LogP contribution in [0.25, 0.3) is 0 Å². The van der Waals surface area contributed by atoms with Crippen molar-refractivity contribution in [1.82, 2.24) is 9.97 Å². The lowest BCUT2D eigenvalue weighted by atomic mass is 10.2. The molecule has 0 radical (unpaired) electrons. The minimum absolute atomic E-state index is 0.110. The Morgan fingerprint density at radius 3 is 2.87 bits per heavy atom. The van der Waals surface area contributed by atoms with E-state index >= 15 is 0 Å². The maximum atomic E-state index is 5.76. The highest BCUT2D eigenvalue weighted by Crippen LogP contribution is 2.08. The van der Waals surface area contributed by atoms with Gasteiger partial charge in [0.2, 0.25) is 5.88 Å². The van der Waals surface area contributed by atoms with Gasteiger partial charge in [-0.1, -0.05) is 19.3 Å². The van der Waals surface area contributed by atoms with Crippen molar-refractivity contribution in [3.63, 3.8) is 0 Å². The zero-order valence-corrected chi connectivity index (χ0v) is 9.03. The standard InChI is InChI=1S/C11H15N3O/c1-3-4-9(12)5-6-10-11(15-2)14-8-7-13-10/h7-9H,3-4,12H2,1-2H3. The third kappa shape index (κ3) is 3.56. The van der Waals surface area contributed by atoms with Gasteiger partial charge < -0.3 is 10.5 Å². The van der Waals surface area contributed by atoms with Crippen LogP contribution < -0.4 is 10.5 Å².